The summed E-state index contributed by atoms with van der Waals surface area (Å²) in [5, 5.41) is 0. The van der Waals surface area contributed by atoms with E-state index in [4.69, 9.17) is 5.73 Å². The van der Waals surface area contributed by atoms with Gasteiger partial charge in [-0.2, -0.15) is 0 Å². The molecule has 0 aromatic carbocycles. The fraction of sp³-hybridized carbons (Fsp3) is 0.667. The third kappa shape index (κ3) is 1.05. The van der Waals surface area contributed by atoms with Crippen LogP contribution in [0.1, 0.15) is 23.6 Å². The molecular weight excluding hydrogens is 150 g/mol. The molecule has 2 heterocycles. The summed E-state index contributed by atoms with van der Waals surface area (Å²) in [6.45, 7) is 5.12. The third-order valence-corrected chi connectivity index (χ3v) is 2.69. The minimum Gasteiger partial charge on any atom is -0.331 e. The summed E-state index contributed by atoms with van der Waals surface area (Å²) in [5.41, 5.74) is 8.31. The van der Waals surface area contributed by atoms with Crippen LogP contribution >= 0.6 is 0 Å². The number of nitrogens with two attached hydrogens (primary N) is 1. The van der Waals surface area contributed by atoms with Gasteiger partial charge < -0.3 is 10.3 Å². The first-order valence-electron chi connectivity index (χ1n) is 4.46. The molecule has 0 bridgehead atoms. The van der Waals surface area contributed by atoms with Crippen molar-refractivity contribution in [1.29, 1.82) is 0 Å². The summed E-state index contributed by atoms with van der Waals surface area (Å²) in [6.07, 6.45) is 2.12. The minimum absolute atomic E-state index is 0.324. The molecule has 2 N–H and O–H groups in total. The molecule has 0 saturated heterocycles. The summed E-state index contributed by atoms with van der Waals surface area (Å²) in [5.74, 6) is 1.21. The van der Waals surface area contributed by atoms with E-state index in [0.29, 0.717) is 6.04 Å². The Morgan fingerprint density at radius 2 is 2.25 bits per heavy atom. The van der Waals surface area contributed by atoms with Crippen molar-refractivity contribution in [2.24, 2.45) is 5.73 Å². The molecule has 1 aliphatic rings. The Morgan fingerprint density at radius 3 is 3.00 bits per heavy atom. The second kappa shape index (κ2) is 2.59. The lowest BCUT2D eigenvalue weighted by Crippen LogP contribution is -2.32. The van der Waals surface area contributed by atoms with E-state index in [1.54, 1.807) is 0 Å². The van der Waals surface area contributed by atoms with E-state index in [9.17, 15) is 0 Å². The Morgan fingerprint density at radius 1 is 1.50 bits per heavy atom. The number of imidazole rings is 1. The van der Waals surface area contributed by atoms with Gasteiger partial charge in [-0.05, 0) is 20.3 Å². The molecule has 0 fully saturated rings. The van der Waals surface area contributed by atoms with E-state index in [-0.39, 0.29) is 0 Å². The molecule has 1 aromatic heterocycles. The van der Waals surface area contributed by atoms with Crippen molar-refractivity contribution in [1.82, 2.24) is 9.55 Å². The Labute approximate surface area is 72.6 Å². The van der Waals surface area contributed by atoms with E-state index >= 15 is 0 Å². The molecule has 0 radical (unpaired) electrons. The quantitative estimate of drug-likeness (QED) is 0.617. The maximum atomic E-state index is 5.88. The van der Waals surface area contributed by atoms with Crippen molar-refractivity contribution in [2.75, 3.05) is 0 Å². The predicted molar refractivity (Wildman–Crippen MR) is 48.0 cm³/mol. The standard InChI is InChI=1S/C9H15N3/c1-6-7(2)12-5-8(10)3-4-9(12)11-6/h8H,3-5,10H2,1-2H3. The molecule has 66 valence electrons. The summed E-state index contributed by atoms with van der Waals surface area (Å²) in [6, 6.07) is 0.324. The summed E-state index contributed by atoms with van der Waals surface area (Å²) in [4.78, 5) is 4.49. The highest BCUT2D eigenvalue weighted by atomic mass is 15.1. The van der Waals surface area contributed by atoms with Crippen LogP contribution in [0.15, 0.2) is 0 Å². The molecule has 3 nitrogen and oxygen atoms in total. The predicted octanol–water partition coefficient (Wildman–Crippen LogP) is 0.773. The zero-order valence-corrected chi connectivity index (χ0v) is 7.67. The van der Waals surface area contributed by atoms with Gasteiger partial charge in [-0.1, -0.05) is 0 Å². The maximum Gasteiger partial charge on any atom is 0.109 e. The van der Waals surface area contributed by atoms with Gasteiger partial charge in [0, 0.05) is 24.7 Å². The smallest absolute Gasteiger partial charge is 0.109 e. The van der Waals surface area contributed by atoms with Gasteiger partial charge >= 0.3 is 0 Å². The normalized spacial score (nSPS) is 22.4. The number of nitrogens with zero attached hydrogens (tertiary/aromatic N) is 2. The SMILES string of the molecule is Cc1nc2n(c1C)CC(N)CC2. The van der Waals surface area contributed by atoms with Crippen LogP contribution in [0.2, 0.25) is 0 Å². The highest BCUT2D eigenvalue weighted by Crippen LogP contribution is 2.17. The van der Waals surface area contributed by atoms with Crippen LogP contribution < -0.4 is 5.73 Å². The summed E-state index contributed by atoms with van der Waals surface area (Å²) < 4.78 is 2.25. The Kier molecular flexibility index (Phi) is 1.68. The van der Waals surface area contributed by atoms with Gasteiger partial charge in [0.1, 0.15) is 5.82 Å². The van der Waals surface area contributed by atoms with Crippen LogP contribution in [0.5, 0.6) is 0 Å². The van der Waals surface area contributed by atoms with Gasteiger partial charge in [0.25, 0.3) is 0 Å². The number of rotatable bonds is 0. The highest BCUT2D eigenvalue weighted by Gasteiger charge is 2.18. The van der Waals surface area contributed by atoms with Crippen molar-refractivity contribution < 1.29 is 0 Å². The third-order valence-electron chi connectivity index (χ3n) is 2.69. The molecule has 0 amide bonds. The lowest BCUT2D eigenvalue weighted by Gasteiger charge is -2.21. The largest absolute Gasteiger partial charge is 0.331 e. The molecule has 1 aromatic rings. The van der Waals surface area contributed by atoms with Gasteiger partial charge in [-0.25, -0.2) is 4.98 Å². The Balaban J connectivity index is 2.44. The fourth-order valence-corrected chi connectivity index (χ4v) is 1.80. The maximum absolute atomic E-state index is 5.88. The van der Waals surface area contributed by atoms with E-state index < -0.39 is 0 Å². The van der Waals surface area contributed by atoms with Gasteiger partial charge in [0.15, 0.2) is 0 Å². The van der Waals surface area contributed by atoms with Crippen LogP contribution in [0, 0.1) is 13.8 Å². The van der Waals surface area contributed by atoms with Crippen LogP contribution in [-0.4, -0.2) is 15.6 Å². The topological polar surface area (TPSA) is 43.8 Å². The van der Waals surface area contributed by atoms with Gasteiger partial charge in [-0.15, -0.1) is 0 Å². The zero-order chi connectivity index (χ0) is 8.72. The Bertz CT molecular complexity index is 301. The molecule has 0 saturated carbocycles. The molecule has 1 atom stereocenters. The van der Waals surface area contributed by atoms with Crippen LogP contribution in [0.4, 0.5) is 0 Å². The minimum atomic E-state index is 0.324. The van der Waals surface area contributed by atoms with Crippen molar-refractivity contribution in [3.63, 3.8) is 0 Å². The molecule has 0 aliphatic carbocycles. The summed E-state index contributed by atoms with van der Waals surface area (Å²) in [7, 11) is 0. The molecular formula is C9H15N3. The molecule has 12 heavy (non-hydrogen) atoms. The second-order valence-electron chi connectivity index (χ2n) is 3.61. The van der Waals surface area contributed by atoms with Gasteiger partial charge in [0.05, 0.1) is 5.69 Å². The number of fused-ring (bicyclic) bond motifs is 1. The van der Waals surface area contributed by atoms with Crippen LogP contribution in [0.3, 0.4) is 0 Å². The number of aryl methyl sites for hydroxylation is 2. The first-order valence-corrected chi connectivity index (χ1v) is 4.46. The molecule has 3 heteroatoms. The van der Waals surface area contributed by atoms with E-state index in [1.807, 2.05) is 0 Å². The molecule has 1 aliphatic heterocycles. The lowest BCUT2D eigenvalue weighted by atomic mass is 10.1. The Hall–Kier alpha value is -0.830. The monoisotopic (exact) mass is 165 g/mol. The van der Waals surface area contributed by atoms with Gasteiger partial charge in [-0.3, -0.25) is 0 Å². The lowest BCUT2D eigenvalue weighted by molar-refractivity contribution is 0.448. The van der Waals surface area contributed by atoms with Gasteiger partial charge in [0.2, 0.25) is 0 Å². The van der Waals surface area contributed by atoms with E-state index in [2.05, 4.69) is 23.4 Å². The first-order chi connectivity index (χ1) is 5.68. The van der Waals surface area contributed by atoms with Crippen molar-refractivity contribution in [2.45, 2.75) is 39.3 Å². The fourth-order valence-electron chi connectivity index (χ4n) is 1.80. The summed E-state index contributed by atoms with van der Waals surface area (Å²) >= 11 is 0. The average molecular weight is 165 g/mol. The van der Waals surface area contributed by atoms with Crippen molar-refractivity contribution >= 4 is 0 Å². The van der Waals surface area contributed by atoms with Crippen LogP contribution in [0.25, 0.3) is 0 Å². The van der Waals surface area contributed by atoms with Crippen molar-refractivity contribution in [3.8, 4) is 0 Å². The van der Waals surface area contributed by atoms with Crippen molar-refractivity contribution in [3.05, 3.63) is 17.2 Å². The zero-order valence-electron chi connectivity index (χ0n) is 7.67. The second-order valence-corrected chi connectivity index (χ2v) is 3.61. The van der Waals surface area contributed by atoms with Crippen LogP contribution in [-0.2, 0) is 13.0 Å². The highest BCUT2D eigenvalue weighted by molar-refractivity contribution is 5.16. The number of aromatic nitrogens is 2. The molecule has 2 rings (SSSR count). The number of hydrogen-bond acceptors (Lipinski definition) is 2. The first kappa shape index (κ1) is 7.80. The molecule has 0 spiro atoms. The van der Waals surface area contributed by atoms with E-state index in [1.165, 1.54) is 11.5 Å². The molecule has 1 unspecified atom stereocenters. The van der Waals surface area contributed by atoms with E-state index in [0.717, 1.165) is 25.1 Å². The number of hydrogen-bond donors (Lipinski definition) is 1. The average Bonchev–Trinajstić information content (AvgIpc) is 2.31.